The van der Waals surface area contributed by atoms with E-state index in [1.54, 1.807) is 42.2 Å². The van der Waals surface area contributed by atoms with Crippen LogP contribution in [0.15, 0.2) is 59.7 Å². The second-order valence-corrected chi connectivity index (χ2v) is 5.49. The van der Waals surface area contributed by atoms with Crippen LogP contribution in [0.3, 0.4) is 0 Å². The normalized spacial score (nSPS) is 10.3. The Morgan fingerprint density at radius 3 is 2.59 bits per heavy atom. The van der Waals surface area contributed by atoms with E-state index in [-0.39, 0.29) is 5.91 Å². The number of rotatable bonds is 6. The van der Waals surface area contributed by atoms with Crippen molar-refractivity contribution in [3.8, 4) is 6.07 Å². The smallest absolute Gasteiger partial charge is 0.250 e. The Morgan fingerprint density at radius 1 is 1.18 bits per heavy atom. The van der Waals surface area contributed by atoms with Gasteiger partial charge in [0.25, 0.3) is 0 Å². The van der Waals surface area contributed by atoms with E-state index in [0.29, 0.717) is 11.3 Å². The predicted molar refractivity (Wildman–Crippen MR) is 89.5 cm³/mol. The standard InChI is InChI=1S/C17H15N3OS/c18-10-14-6-8-15(9-7-14)11-19-20-17(21)13-22-12-16-4-2-1-3-5-16/h1-9,11H,12-13H2,(H,20,21). The number of nitrogens with zero attached hydrogens (tertiary/aromatic N) is 2. The van der Waals surface area contributed by atoms with Gasteiger partial charge >= 0.3 is 0 Å². The van der Waals surface area contributed by atoms with Crippen molar-refractivity contribution in [1.82, 2.24) is 5.43 Å². The van der Waals surface area contributed by atoms with Crippen LogP contribution in [-0.2, 0) is 10.5 Å². The Kier molecular flexibility index (Phi) is 6.21. The molecule has 0 saturated carbocycles. The second-order valence-electron chi connectivity index (χ2n) is 4.51. The number of thioether (sulfide) groups is 1. The number of hydrogen-bond acceptors (Lipinski definition) is 4. The van der Waals surface area contributed by atoms with E-state index in [2.05, 4.69) is 10.5 Å². The molecule has 2 rings (SSSR count). The lowest BCUT2D eigenvalue weighted by Gasteiger charge is -2.01. The van der Waals surface area contributed by atoms with Crippen LogP contribution in [0.2, 0.25) is 0 Å². The van der Waals surface area contributed by atoms with Gasteiger partial charge in [0.1, 0.15) is 0 Å². The Bertz CT molecular complexity index is 675. The minimum Gasteiger partial charge on any atom is -0.272 e. The van der Waals surface area contributed by atoms with E-state index in [1.807, 2.05) is 36.4 Å². The molecule has 2 aromatic rings. The van der Waals surface area contributed by atoms with Gasteiger partial charge < -0.3 is 0 Å². The first-order valence-electron chi connectivity index (χ1n) is 6.71. The second kappa shape index (κ2) is 8.65. The van der Waals surface area contributed by atoms with Crippen molar-refractivity contribution in [3.05, 3.63) is 71.3 Å². The van der Waals surface area contributed by atoms with Crippen LogP contribution in [0.5, 0.6) is 0 Å². The van der Waals surface area contributed by atoms with Gasteiger partial charge in [-0.2, -0.15) is 10.4 Å². The zero-order valence-corrected chi connectivity index (χ0v) is 12.7. The molecule has 0 fully saturated rings. The summed E-state index contributed by atoms with van der Waals surface area (Å²) in [5, 5.41) is 12.6. The lowest BCUT2D eigenvalue weighted by atomic mass is 10.2. The number of nitrogens with one attached hydrogen (secondary N) is 1. The molecule has 0 aromatic heterocycles. The van der Waals surface area contributed by atoms with Gasteiger partial charge in [0.15, 0.2) is 0 Å². The lowest BCUT2D eigenvalue weighted by Crippen LogP contribution is -2.19. The van der Waals surface area contributed by atoms with Gasteiger partial charge in [0, 0.05) is 5.75 Å². The summed E-state index contributed by atoms with van der Waals surface area (Å²) in [5.41, 5.74) is 5.11. The molecule has 0 spiro atoms. The molecule has 0 atom stereocenters. The van der Waals surface area contributed by atoms with E-state index in [9.17, 15) is 4.79 Å². The van der Waals surface area contributed by atoms with E-state index < -0.39 is 0 Å². The van der Waals surface area contributed by atoms with Crippen LogP contribution in [0.1, 0.15) is 16.7 Å². The average molecular weight is 309 g/mol. The summed E-state index contributed by atoms with van der Waals surface area (Å²) in [6, 6.07) is 19.0. The molecule has 0 saturated heterocycles. The zero-order valence-electron chi connectivity index (χ0n) is 11.9. The molecule has 1 amide bonds. The fourth-order valence-electron chi connectivity index (χ4n) is 1.69. The molecule has 0 bridgehead atoms. The highest BCUT2D eigenvalue weighted by atomic mass is 32.2. The number of benzene rings is 2. The Balaban J connectivity index is 1.70. The molecular weight excluding hydrogens is 294 g/mol. The Morgan fingerprint density at radius 2 is 1.91 bits per heavy atom. The van der Waals surface area contributed by atoms with Gasteiger partial charge in [0.2, 0.25) is 5.91 Å². The van der Waals surface area contributed by atoms with Crippen LogP contribution < -0.4 is 5.43 Å². The van der Waals surface area contributed by atoms with Crippen molar-refractivity contribution in [2.45, 2.75) is 5.75 Å². The van der Waals surface area contributed by atoms with Crippen LogP contribution in [-0.4, -0.2) is 17.9 Å². The molecule has 110 valence electrons. The van der Waals surface area contributed by atoms with Crippen molar-refractivity contribution < 1.29 is 4.79 Å². The van der Waals surface area contributed by atoms with Gasteiger partial charge in [-0.15, -0.1) is 11.8 Å². The fraction of sp³-hybridized carbons (Fsp3) is 0.118. The van der Waals surface area contributed by atoms with Crippen LogP contribution in [0, 0.1) is 11.3 Å². The number of nitriles is 1. The van der Waals surface area contributed by atoms with Crippen molar-refractivity contribution >= 4 is 23.9 Å². The quantitative estimate of drug-likeness (QED) is 0.659. The summed E-state index contributed by atoms with van der Waals surface area (Å²) in [5.74, 6) is 1.03. The molecule has 1 N–H and O–H groups in total. The largest absolute Gasteiger partial charge is 0.272 e. The highest BCUT2D eigenvalue weighted by Crippen LogP contribution is 2.10. The third-order valence-electron chi connectivity index (χ3n) is 2.79. The summed E-state index contributed by atoms with van der Waals surface area (Å²) >= 11 is 1.54. The summed E-state index contributed by atoms with van der Waals surface area (Å²) in [6.07, 6.45) is 1.56. The summed E-state index contributed by atoms with van der Waals surface area (Å²) < 4.78 is 0. The highest BCUT2D eigenvalue weighted by molar-refractivity contribution is 7.99. The average Bonchev–Trinajstić information content (AvgIpc) is 2.56. The van der Waals surface area contributed by atoms with Crippen LogP contribution in [0.4, 0.5) is 0 Å². The molecule has 0 aliphatic carbocycles. The molecule has 4 nitrogen and oxygen atoms in total. The number of hydrogen-bond donors (Lipinski definition) is 1. The minimum atomic E-state index is -0.133. The number of carbonyl (C=O) groups is 1. The SMILES string of the molecule is N#Cc1ccc(C=NNC(=O)CSCc2ccccc2)cc1. The van der Waals surface area contributed by atoms with Gasteiger partial charge in [-0.05, 0) is 23.3 Å². The summed E-state index contributed by atoms with van der Waals surface area (Å²) in [7, 11) is 0. The molecule has 0 aliphatic rings. The maximum atomic E-state index is 11.6. The van der Waals surface area contributed by atoms with E-state index in [0.717, 1.165) is 11.3 Å². The van der Waals surface area contributed by atoms with Crippen molar-refractivity contribution in [3.63, 3.8) is 0 Å². The highest BCUT2D eigenvalue weighted by Gasteiger charge is 2.00. The van der Waals surface area contributed by atoms with Crippen LogP contribution in [0.25, 0.3) is 0 Å². The molecular formula is C17H15N3OS. The fourth-order valence-corrected chi connectivity index (χ4v) is 2.47. The Hall–Kier alpha value is -2.58. The monoisotopic (exact) mass is 309 g/mol. The van der Waals surface area contributed by atoms with E-state index >= 15 is 0 Å². The first-order valence-corrected chi connectivity index (χ1v) is 7.87. The maximum Gasteiger partial charge on any atom is 0.250 e. The third-order valence-corrected chi connectivity index (χ3v) is 3.79. The molecule has 0 unspecified atom stereocenters. The number of amides is 1. The van der Waals surface area contributed by atoms with Crippen molar-refractivity contribution in [1.29, 1.82) is 5.26 Å². The van der Waals surface area contributed by atoms with Gasteiger partial charge in [-0.25, -0.2) is 5.43 Å². The first kappa shape index (κ1) is 15.8. The van der Waals surface area contributed by atoms with Gasteiger partial charge in [-0.3, -0.25) is 4.79 Å². The van der Waals surface area contributed by atoms with Crippen LogP contribution >= 0.6 is 11.8 Å². The topological polar surface area (TPSA) is 65.2 Å². The van der Waals surface area contributed by atoms with E-state index in [1.165, 1.54) is 5.56 Å². The predicted octanol–water partition coefficient (Wildman–Crippen LogP) is 2.94. The number of hydrazone groups is 1. The third kappa shape index (κ3) is 5.43. The summed E-state index contributed by atoms with van der Waals surface area (Å²) in [6.45, 7) is 0. The molecule has 0 radical (unpaired) electrons. The summed E-state index contributed by atoms with van der Waals surface area (Å²) in [4.78, 5) is 11.6. The molecule has 0 aliphatic heterocycles. The van der Waals surface area contributed by atoms with Gasteiger partial charge in [-0.1, -0.05) is 42.5 Å². The van der Waals surface area contributed by atoms with Crippen molar-refractivity contribution in [2.24, 2.45) is 5.10 Å². The molecule has 5 heteroatoms. The number of carbonyl (C=O) groups excluding carboxylic acids is 1. The first-order chi connectivity index (χ1) is 10.8. The maximum absolute atomic E-state index is 11.6. The molecule has 22 heavy (non-hydrogen) atoms. The lowest BCUT2D eigenvalue weighted by molar-refractivity contribution is -0.118. The molecule has 2 aromatic carbocycles. The van der Waals surface area contributed by atoms with E-state index in [4.69, 9.17) is 5.26 Å². The molecule has 0 heterocycles. The minimum absolute atomic E-state index is 0.133. The van der Waals surface area contributed by atoms with Gasteiger partial charge in [0.05, 0.1) is 23.6 Å². The zero-order chi connectivity index (χ0) is 15.6. The van der Waals surface area contributed by atoms with Crippen molar-refractivity contribution in [2.75, 3.05) is 5.75 Å². The Labute approximate surface area is 133 Å².